The molecule has 0 saturated carbocycles. The molecule has 100 valence electrons. The minimum Gasteiger partial charge on any atom is -0.496 e. The van der Waals surface area contributed by atoms with Gasteiger partial charge in [0.25, 0.3) is 0 Å². The van der Waals surface area contributed by atoms with E-state index in [-0.39, 0.29) is 5.78 Å². The van der Waals surface area contributed by atoms with Crippen molar-refractivity contribution in [3.05, 3.63) is 51.7 Å². The maximum atomic E-state index is 13.5. The van der Waals surface area contributed by atoms with Crippen LogP contribution in [-0.4, -0.2) is 19.1 Å². The first-order valence-corrected chi connectivity index (χ1v) is 7.12. The highest BCUT2D eigenvalue weighted by Crippen LogP contribution is 2.32. The molecule has 1 aromatic carbocycles. The van der Waals surface area contributed by atoms with Crippen LogP contribution >= 0.6 is 11.8 Å². The van der Waals surface area contributed by atoms with Gasteiger partial charge < -0.3 is 4.74 Å². The normalized spacial score (nSPS) is 14.1. The molecular formula is C15H15FO2S. The SMILES string of the molecule is COc1c(C)cc(F)cc1C(=O)C1=CC=C(SC)C1. The number of carbonyl (C=O) groups excluding carboxylic acids is 1. The first kappa shape index (κ1) is 13.9. The number of ketones is 1. The smallest absolute Gasteiger partial charge is 0.193 e. The average molecular weight is 278 g/mol. The number of aryl methyl sites for hydroxylation is 1. The quantitative estimate of drug-likeness (QED) is 0.781. The Morgan fingerprint density at radius 2 is 2.11 bits per heavy atom. The molecule has 2 rings (SSSR count). The molecule has 0 aliphatic heterocycles. The number of allylic oxidation sites excluding steroid dienone is 4. The van der Waals surface area contributed by atoms with E-state index >= 15 is 0 Å². The van der Waals surface area contributed by atoms with Crippen LogP contribution in [0.4, 0.5) is 4.39 Å². The van der Waals surface area contributed by atoms with Gasteiger partial charge in [0.05, 0.1) is 12.7 Å². The predicted octanol–water partition coefficient (Wildman–Crippen LogP) is 3.90. The maximum Gasteiger partial charge on any atom is 0.193 e. The van der Waals surface area contributed by atoms with Gasteiger partial charge in [-0.1, -0.05) is 12.2 Å². The summed E-state index contributed by atoms with van der Waals surface area (Å²) in [4.78, 5) is 13.6. The molecule has 0 atom stereocenters. The maximum absolute atomic E-state index is 13.5. The summed E-state index contributed by atoms with van der Waals surface area (Å²) < 4.78 is 18.7. The van der Waals surface area contributed by atoms with Crippen molar-refractivity contribution in [2.75, 3.05) is 13.4 Å². The molecule has 0 saturated heterocycles. The molecular weight excluding hydrogens is 263 g/mol. The van der Waals surface area contributed by atoms with Crippen LogP contribution in [-0.2, 0) is 0 Å². The number of benzene rings is 1. The van der Waals surface area contributed by atoms with E-state index in [1.165, 1.54) is 19.2 Å². The zero-order valence-corrected chi connectivity index (χ0v) is 11.9. The van der Waals surface area contributed by atoms with Crippen LogP contribution in [0.1, 0.15) is 22.3 Å². The highest BCUT2D eigenvalue weighted by atomic mass is 32.2. The Bertz CT molecular complexity index is 588. The summed E-state index contributed by atoms with van der Waals surface area (Å²) in [5.74, 6) is -0.136. The molecule has 0 fully saturated rings. The van der Waals surface area contributed by atoms with E-state index in [4.69, 9.17) is 4.74 Å². The van der Waals surface area contributed by atoms with Crippen molar-refractivity contribution in [2.45, 2.75) is 13.3 Å². The lowest BCUT2D eigenvalue weighted by Gasteiger charge is -2.11. The highest BCUT2D eigenvalue weighted by Gasteiger charge is 2.22. The lowest BCUT2D eigenvalue weighted by molar-refractivity contribution is 0.102. The zero-order chi connectivity index (χ0) is 14.0. The molecule has 0 amide bonds. The van der Waals surface area contributed by atoms with E-state index in [0.717, 1.165) is 4.91 Å². The van der Waals surface area contributed by atoms with Crippen molar-refractivity contribution in [1.29, 1.82) is 0 Å². The fourth-order valence-corrected chi connectivity index (χ4v) is 2.64. The van der Waals surface area contributed by atoms with Gasteiger partial charge in [-0.2, -0.15) is 0 Å². The minimum absolute atomic E-state index is 0.167. The summed E-state index contributed by atoms with van der Waals surface area (Å²) in [6.07, 6.45) is 6.31. The van der Waals surface area contributed by atoms with Crippen LogP contribution in [0.25, 0.3) is 0 Å². The lowest BCUT2D eigenvalue weighted by Crippen LogP contribution is -2.07. The van der Waals surface area contributed by atoms with Crippen molar-refractivity contribution >= 4 is 17.5 Å². The number of ether oxygens (including phenoxy) is 1. The lowest BCUT2D eigenvalue weighted by atomic mass is 9.99. The fraction of sp³-hybridized carbons (Fsp3) is 0.267. The summed E-state index contributed by atoms with van der Waals surface area (Å²) in [7, 11) is 1.49. The first-order valence-electron chi connectivity index (χ1n) is 5.89. The van der Waals surface area contributed by atoms with E-state index in [0.29, 0.717) is 28.9 Å². The number of hydrogen-bond donors (Lipinski definition) is 0. The molecule has 2 nitrogen and oxygen atoms in total. The minimum atomic E-state index is -0.418. The standard InChI is InChI=1S/C15H15FO2S/c1-9-6-11(16)8-13(15(9)18-2)14(17)10-4-5-12(7-10)19-3/h4-6,8H,7H2,1-3H3. The molecule has 4 heteroatoms. The number of rotatable bonds is 4. The van der Waals surface area contributed by atoms with Gasteiger partial charge in [0.2, 0.25) is 0 Å². The van der Waals surface area contributed by atoms with Gasteiger partial charge in [-0.25, -0.2) is 4.39 Å². The topological polar surface area (TPSA) is 26.3 Å². The Balaban J connectivity index is 2.35. The summed E-state index contributed by atoms with van der Waals surface area (Å²) in [6, 6.07) is 2.61. The Kier molecular flexibility index (Phi) is 4.10. The molecule has 0 radical (unpaired) electrons. The molecule has 0 spiro atoms. The summed E-state index contributed by atoms with van der Waals surface area (Å²) in [5, 5.41) is 0. The second kappa shape index (κ2) is 5.61. The van der Waals surface area contributed by atoms with Crippen molar-refractivity contribution in [3.63, 3.8) is 0 Å². The number of methoxy groups -OCH3 is 1. The zero-order valence-electron chi connectivity index (χ0n) is 11.1. The van der Waals surface area contributed by atoms with E-state index in [1.807, 2.05) is 12.3 Å². The second-order valence-corrected chi connectivity index (χ2v) is 5.27. The van der Waals surface area contributed by atoms with E-state index < -0.39 is 5.82 Å². The molecule has 0 unspecified atom stereocenters. The van der Waals surface area contributed by atoms with Crippen molar-refractivity contribution in [3.8, 4) is 5.75 Å². The Morgan fingerprint density at radius 3 is 2.68 bits per heavy atom. The summed E-state index contributed by atoms with van der Waals surface area (Å²) >= 11 is 1.62. The number of thioether (sulfide) groups is 1. The fourth-order valence-electron chi connectivity index (χ4n) is 2.14. The Labute approximate surface area is 116 Å². The molecule has 1 aliphatic carbocycles. The third kappa shape index (κ3) is 2.73. The van der Waals surface area contributed by atoms with Crippen LogP contribution in [0.2, 0.25) is 0 Å². The molecule has 0 N–H and O–H groups in total. The number of hydrogen-bond acceptors (Lipinski definition) is 3. The van der Waals surface area contributed by atoms with Crippen LogP contribution in [0.15, 0.2) is 34.8 Å². The van der Waals surface area contributed by atoms with Gasteiger partial charge in [0, 0.05) is 12.0 Å². The second-order valence-electron chi connectivity index (χ2n) is 4.34. The third-order valence-corrected chi connectivity index (χ3v) is 3.88. The van der Waals surface area contributed by atoms with Crippen molar-refractivity contribution in [1.82, 2.24) is 0 Å². The molecule has 1 aliphatic rings. The Hall–Kier alpha value is -1.55. The predicted molar refractivity (Wildman–Crippen MR) is 76.3 cm³/mol. The molecule has 0 aromatic heterocycles. The van der Waals surface area contributed by atoms with Crippen molar-refractivity contribution in [2.24, 2.45) is 0 Å². The first-order chi connectivity index (χ1) is 9.06. The number of Topliss-reactive ketones (excluding diaryl/α,β-unsaturated/α-hetero) is 1. The van der Waals surface area contributed by atoms with Gasteiger partial charge in [-0.15, -0.1) is 11.8 Å². The van der Waals surface area contributed by atoms with Crippen molar-refractivity contribution < 1.29 is 13.9 Å². The number of halogens is 1. The van der Waals surface area contributed by atoms with E-state index in [1.54, 1.807) is 24.8 Å². The number of carbonyl (C=O) groups is 1. The molecule has 1 aromatic rings. The molecule has 0 bridgehead atoms. The van der Waals surface area contributed by atoms with Crippen LogP contribution in [0.5, 0.6) is 5.75 Å². The van der Waals surface area contributed by atoms with Gasteiger partial charge in [0.1, 0.15) is 11.6 Å². The van der Waals surface area contributed by atoms with Gasteiger partial charge in [-0.05, 0) is 35.8 Å². The summed E-state index contributed by atoms with van der Waals surface area (Å²) in [5.41, 5.74) is 1.59. The van der Waals surface area contributed by atoms with Gasteiger partial charge >= 0.3 is 0 Å². The average Bonchev–Trinajstić information content (AvgIpc) is 2.85. The highest BCUT2D eigenvalue weighted by molar-refractivity contribution is 8.02. The Morgan fingerprint density at radius 1 is 1.37 bits per heavy atom. The van der Waals surface area contributed by atoms with Crippen LogP contribution in [0.3, 0.4) is 0 Å². The van der Waals surface area contributed by atoms with Gasteiger partial charge in [0.15, 0.2) is 5.78 Å². The van der Waals surface area contributed by atoms with E-state index in [9.17, 15) is 9.18 Å². The van der Waals surface area contributed by atoms with Gasteiger partial charge in [-0.3, -0.25) is 4.79 Å². The largest absolute Gasteiger partial charge is 0.496 e. The molecule has 19 heavy (non-hydrogen) atoms. The van der Waals surface area contributed by atoms with Crippen LogP contribution in [0, 0.1) is 12.7 Å². The monoisotopic (exact) mass is 278 g/mol. The summed E-state index contributed by atoms with van der Waals surface area (Å²) in [6.45, 7) is 1.73. The molecule has 0 heterocycles. The van der Waals surface area contributed by atoms with Crippen LogP contribution < -0.4 is 4.74 Å². The van der Waals surface area contributed by atoms with E-state index in [2.05, 4.69) is 0 Å². The third-order valence-electron chi connectivity index (χ3n) is 3.08.